The Morgan fingerprint density at radius 3 is 2.61 bits per heavy atom. The van der Waals surface area contributed by atoms with E-state index in [4.69, 9.17) is 4.74 Å². The van der Waals surface area contributed by atoms with Gasteiger partial charge in [-0.25, -0.2) is 9.78 Å². The molecule has 1 aromatic heterocycles. The number of hydrogen-bond acceptors (Lipinski definition) is 4. The number of Topliss-reactive ketones (excluding diaryl/α,β-unsaturated/α-hetero) is 1. The number of fused-ring (bicyclic) bond motifs is 1. The monoisotopic (exact) mass is 307 g/mol. The van der Waals surface area contributed by atoms with Crippen molar-refractivity contribution in [1.82, 2.24) is 4.98 Å². The standard InChI is InChI=1S/C13H10BrNO3/c1-7(16)8-4-3-5-9-11(8)10(13(17)18-2)6-15-12(9)14/h3-6H,1-2H3. The van der Waals surface area contributed by atoms with E-state index in [9.17, 15) is 9.59 Å². The molecule has 92 valence electrons. The summed E-state index contributed by atoms with van der Waals surface area (Å²) in [7, 11) is 1.30. The maximum absolute atomic E-state index is 11.7. The summed E-state index contributed by atoms with van der Waals surface area (Å²) < 4.78 is 5.30. The summed E-state index contributed by atoms with van der Waals surface area (Å²) in [5.74, 6) is -0.613. The second-order valence-electron chi connectivity index (χ2n) is 3.74. The van der Waals surface area contributed by atoms with Gasteiger partial charge in [-0.2, -0.15) is 0 Å². The second-order valence-corrected chi connectivity index (χ2v) is 4.49. The van der Waals surface area contributed by atoms with Gasteiger partial charge in [-0.15, -0.1) is 0 Å². The molecular weight excluding hydrogens is 298 g/mol. The topological polar surface area (TPSA) is 56.3 Å². The van der Waals surface area contributed by atoms with Crippen molar-refractivity contribution in [2.75, 3.05) is 7.11 Å². The molecule has 0 bridgehead atoms. The van der Waals surface area contributed by atoms with Crippen molar-refractivity contribution in [3.63, 3.8) is 0 Å². The van der Waals surface area contributed by atoms with Crippen molar-refractivity contribution < 1.29 is 14.3 Å². The zero-order chi connectivity index (χ0) is 13.3. The molecule has 0 amide bonds. The van der Waals surface area contributed by atoms with Crippen LogP contribution in [-0.4, -0.2) is 23.8 Å². The number of hydrogen-bond donors (Lipinski definition) is 0. The minimum absolute atomic E-state index is 0.108. The largest absolute Gasteiger partial charge is 0.465 e. The first-order chi connectivity index (χ1) is 8.56. The van der Waals surface area contributed by atoms with Crippen LogP contribution in [0.4, 0.5) is 0 Å². The normalized spacial score (nSPS) is 10.4. The summed E-state index contributed by atoms with van der Waals surface area (Å²) in [5.41, 5.74) is 0.775. The van der Waals surface area contributed by atoms with Gasteiger partial charge in [-0.1, -0.05) is 18.2 Å². The van der Waals surface area contributed by atoms with Crippen LogP contribution in [-0.2, 0) is 4.74 Å². The van der Waals surface area contributed by atoms with Gasteiger partial charge in [0.1, 0.15) is 4.60 Å². The number of aromatic nitrogens is 1. The highest BCUT2D eigenvalue weighted by Crippen LogP contribution is 2.28. The molecule has 5 heteroatoms. The van der Waals surface area contributed by atoms with E-state index in [1.807, 2.05) is 0 Å². The molecule has 1 aromatic carbocycles. The number of ether oxygens (including phenoxy) is 1. The number of halogens is 1. The number of esters is 1. The van der Waals surface area contributed by atoms with Crippen LogP contribution in [0.2, 0.25) is 0 Å². The zero-order valence-electron chi connectivity index (χ0n) is 9.86. The Hall–Kier alpha value is -1.75. The predicted molar refractivity (Wildman–Crippen MR) is 70.8 cm³/mol. The van der Waals surface area contributed by atoms with E-state index in [0.29, 0.717) is 26.5 Å². The van der Waals surface area contributed by atoms with Gasteiger partial charge in [0.25, 0.3) is 0 Å². The van der Waals surface area contributed by atoms with E-state index >= 15 is 0 Å². The smallest absolute Gasteiger partial charge is 0.340 e. The fraction of sp³-hybridized carbons (Fsp3) is 0.154. The van der Waals surface area contributed by atoms with Crippen LogP contribution in [0.5, 0.6) is 0 Å². The van der Waals surface area contributed by atoms with E-state index in [0.717, 1.165) is 0 Å². The number of rotatable bonds is 2. The van der Waals surface area contributed by atoms with Crippen molar-refractivity contribution in [2.24, 2.45) is 0 Å². The van der Waals surface area contributed by atoms with Gasteiger partial charge >= 0.3 is 5.97 Å². The van der Waals surface area contributed by atoms with E-state index in [2.05, 4.69) is 20.9 Å². The first-order valence-electron chi connectivity index (χ1n) is 5.22. The lowest BCUT2D eigenvalue weighted by molar-refractivity contribution is 0.0602. The summed E-state index contributed by atoms with van der Waals surface area (Å²) in [4.78, 5) is 27.5. The van der Waals surface area contributed by atoms with Gasteiger partial charge in [0, 0.05) is 22.5 Å². The molecule has 0 radical (unpaired) electrons. The van der Waals surface area contributed by atoms with Crippen molar-refractivity contribution in [2.45, 2.75) is 6.92 Å². The van der Waals surface area contributed by atoms with Crippen molar-refractivity contribution in [3.8, 4) is 0 Å². The highest BCUT2D eigenvalue weighted by atomic mass is 79.9. The third-order valence-corrected chi connectivity index (χ3v) is 3.28. The molecule has 0 saturated heterocycles. The van der Waals surface area contributed by atoms with Gasteiger partial charge < -0.3 is 4.74 Å². The fourth-order valence-corrected chi connectivity index (χ4v) is 2.26. The van der Waals surface area contributed by atoms with Crippen LogP contribution >= 0.6 is 15.9 Å². The molecule has 4 nitrogen and oxygen atoms in total. The summed E-state index contributed by atoms with van der Waals surface area (Å²) >= 11 is 3.31. The molecule has 18 heavy (non-hydrogen) atoms. The van der Waals surface area contributed by atoms with Crippen molar-refractivity contribution >= 4 is 38.5 Å². The highest BCUT2D eigenvalue weighted by molar-refractivity contribution is 9.10. The molecule has 0 saturated carbocycles. The number of methoxy groups -OCH3 is 1. The lowest BCUT2D eigenvalue weighted by Gasteiger charge is -2.09. The number of ketones is 1. The van der Waals surface area contributed by atoms with Gasteiger partial charge in [0.05, 0.1) is 12.7 Å². The predicted octanol–water partition coefficient (Wildman–Crippen LogP) is 2.99. The summed E-state index contributed by atoms with van der Waals surface area (Å²) in [6.45, 7) is 1.46. The Labute approximate surface area is 112 Å². The first kappa shape index (κ1) is 12.7. The SMILES string of the molecule is COC(=O)c1cnc(Br)c2cccc(C(C)=O)c12. The van der Waals surface area contributed by atoms with Gasteiger partial charge in [0.15, 0.2) is 5.78 Å². The van der Waals surface area contributed by atoms with Crippen molar-refractivity contribution in [1.29, 1.82) is 0 Å². The lowest BCUT2D eigenvalue weighted by atomic mass is 9.99. The number of pyridine rings is 1. The summed E-state index contributed by atoms with van der Waals surface area (Å²) in [6.07, 6.45) is 1.41. The molecule has 1 heterocycles. The summed E-state index contributed by atoms with van der Waals surface area (Å²) in [6, 6.07) is 5.24. The molecule has 0 spiro atoms. The Bertz CT molecular complexity index is 652. The Kier molecular flexibility index (Phi) is 3.43. The van der Waals surface area contributed by atoms with Crippen molar-refractivity contribution in [3.05, 3.63) is 40.1 Å². The maximum Gasteiger partial charge on any atom is 0.340 e. The van der Waals surface area contributed by atoms with Crippen LogP contribution in [0.15, 0.2) is 29.0 Å². The molecule has 0 aliphatic heterocycles. The zero-order valence-corrected chi connectivity index (χ0v) is 11.4. The molecule has 0 unspecified atom stereocenters. The third-order valence-electron chi connectivity index (χ3n) is 2.65. The van der Waals surface area contributed by atoms with E-state index in [-0.39, 0.29) is 5.78 Å². The second kappa shape index (κ2) is 4.86. The molecule has 0 aliphatic rings. The molecule has 2 rings (SSSR count). The number of carbonyl (C=O) groups is 2. The fourth-order valence-electron chi connectivity index (χ4n) is 1.83. The van der Waals surface area contributed by atoms with Crippen LogP contribution in [0.1, 0.15) is 27.6 Å². The minimum atomic E-state index is -0.506. The average molecular weight is 308 g/mol. The molecule has 0 fully saturated rings. The molecular formula is C13H10BrNO3. The van der Waals surface area contributed by atoms with Gasteiger partial charge in [0.2, 0.25) is 0 Å². The van der Waals surface area contributed by atoms with E-state index in [1.54, 1.807) is 18.2 Å². The lowest BCUT2D eigenvalue weighted by Crippen LogP contribution is -2.06. The van der Waals surface area contributed by atoms with Gasteiger partial charge in [-0.05, 0) is 22.9 Å². The van der Waals surface area contributed by atoms with E-state index < -0.39 is 5.97 Å². The first-order valence-corrected chi connectivity index (χ1v) is 6.02. The van der Waals surface area contributed by atoms with Gasteiger partial charge in [-0.3, -0.25) is 4.79 Å². The van der Waals surface area contributed by atoms with Crippen LogP contribution < -0.4 is 0 Å². The number of carbonyl (C=O) groups excluding carboxylic acids is 2. The third kappa shape index (κ3) is 2.01. The average Bonchev–Trinajstić information content (AvgIpc) is 2.37. The Balaban J connectivity index is 2.92. The Morgan fingerprint density at radius 1 is 1.28 bits per heavy atom. The molecule has 0 atom stereocenters. The number of benzene rings is 1. The summed E-state index contributed by atoms with van der Waals surface area (Å²) in [5, 5.41) is 1.28. The van der Waals surface area contributed by atoms with Crippen LogP contribution in [0.25, 0.3) is 10.8 Å². The minimum Gasteiger partial charge on any atom is -0.465 e. The van der Waals surface area contributed by atoms with Crippen LogP contribution in [0.3, 0.4) is 0 Å². The Morgan fingerprint density at radius 2 is 2.00 bits per heavy atom. The number of nitrogens with zero attached hydrogens (tertiary/aromatic N) is 1. The highest BCUT2D eigenvalue weighted by Gasteiger charge is 2.17. The molecule has 2 aromatic rings. The molecule has 0 aliphatic carbocycles. The maximum atomic E-state index is 11.7. The van der Waals surface area contributed by atoms with Crippen LogP contribution in [0, 0.1) is 0 Å². The molecule has 0 N–H and O–H groups in total. The quantitative estimate of drug-likeness (QED) is 0.486. The van der Waals surface area contributed by atoms with E-state index in [1.165, 1.54) is 20.2 Å².